The van der Waals surface area contributed by atoms with Crippen LogP contribution in [-0.4, -0.2) is 21.9 Å². The van der Waals surface area contributed by atoms with E-state index in [0.29, 0.717) is 28.3 Å². The van der Waals surface area contributed by atoms with E-state index >= 15 is 0 Å². The zero-order valence-electron chi connectivity index (χ0n) is 11.9. The molecule has 0 saturated heterocycles. The Morgan fingerprint density at radius 1 is 1.27 bits per heavy atom. The summed E-state index contributed by atoms with van der Waals surface area (Å²) in [6.07, 6.45) is 3.74. The number of rotatable bonds is 4. The van der Waals surface area contributed by atoms with E-state index < -0.39 is 0 Å². The quantitative estimate of drug-likeness (QED) is 0.830. The predicted molar refractivity (Wildman–Crippen MR) is 87.8 cm³/mol. The fourth-order valence-corrected chi connectivity index (χ4v) is 2.41. The molecule has 3 rings (SSSR count). The molecular weight excluding hydrogens is 323 g/mol. The third-order valence-electron chi connectivity index (χ3n) is 3.38. The summed E-state index contributed by atoms with van der Waals surface area (Å²) in [6.45, 7) is 1.85. The van der Waals surface area contributed by atoms with E-state index in [-0.39, 0.29) is 11.1 Å². The number of nitrogens with one attached hydrogen (secondary N) is 2. The minimum atomic E-state index is -0.301. The summed E-state index contributed by atoms with van der Waals surface area (Å²) in [4.78, 5) is 20.7. The molecule has 22 heavy (non-hydrogen) atoms. The van der Waals surface area contributed by atoms with Gasteiger partial charge < -0.3 is 10.6 Å². The third-order valence-corrected chi connectivity index (χ3v) is 3.87. The lowest BCUT2D eigenvalue weighted by Gasteiger charge is -2.13. The van der Waals surface area contributed by atoms with Gasteiger partial charge in [-0.3, -0.25) is 4.79 Å². The van der Waals surface area contributed by atoms with Crippen LogP contribution in [0.4, 0.5) is 11.5 Å². The molecule has 1 amide bonds. The molecule has 0 atom stereocenters. The first-order valence-electron chi connectivity index (χ1n) is 6.90. The van der Waals surface area contributed by atoms with Gasteiger partial charge in [-0.25, -0.2) is 9.97 Å². The van der Waals surface area contributed by atoms with Crippen molar-refractivity contribution < 1.29 is 4.79 Å². The number of carbonyl (C=O) groups is 1. The monoisotopic (exact) mass is 336 g/mol. The van der Waals surface area contributed by atoms with Crippen LogP contribution in [0, 0.1) is 6.92 Å². The van der Waals surface area contributed by atoms with Gasteiger partial charge in [-0.15, -0.1) is 0 Å². The maximum absolute atomic E-state index is 12.5. The molecule has 0 spiro atoms. The maximum atomic E-state index is 12.5. The third kappa shape index (κ3) is 3.31. The molecule has 0 aromatic carbocycles. The molecular formula is C15H14Cl2N4O. The van der Waals surface area contributed by atoms with Crippen LogP contribution in [0.5, 0.6) is 0 Å². The van der Waals surface area contributed by atoms with Gasteiger partial charge in [0.2, 0.25) is 0 Å². The second-order valence-corrected chi connectivity index (χ2v) is 5.94. The number of nitrogens with zero attached hydrogens (tertiary/aromatic N) is 2. The Balaban J connectivity index is 1.88. The molecule has 5 nitrogen and oxygen atoms in total. The van der Waals surface area contributed by atoms with Crippen molar-refractivity contribution in [1.82, 2.24) is 9.97 Å². The average molecular weight is 337 g/mol. The fraction of sp³-hybridized carbons (Fsp3) is 0.267. The van der Waals surface area contributed by atoms with Crippen LogP contribution in [0.15, 0.2) is 24.4 Å². The van der Waals surface area contributed by atoms with Crippen LogP contribution in [0.25, 0.3) is 0 Å². The molecule has 2 aromatic heterocycles. The smallest absolute Gasteiger partial charge is 0.259 e. The highest BCUT2D eigenvalue weighted by atomic mass is 35.5. The first-order valence-corrected chi connectivity index (χ1v) is 7.65. The molecule has 2 N–H and O–H groups in total. The molecule has 1 saturated carbocycles. The summed E-state index contributed by atoms with van der Waals surface area (Å²) in [5, 5.41) is 6.61. The zero-order valence-corrected chi connectivity index (χ0v) is 13.4. The topological polar surface area (TPSA) is 66.9 Å². The van der Waals surface area contributed by atoms with Gasteiger partial charge in [-0.2, -0.15) is 0 Å². The lowest BCUT2D eigenvalue weighted by molar-refractivity contribution is 0.102. The van der Waals surface area contributed by atoms with Gasteiger partial charge >= 0.3 is 0 Å². The Labute approximate surface area is 138 Å². The number of aryl methyl sites for hydroxylation is 1. The fourth-order valence-electron chi connectivity index (χ4n) is 2.01. The van der Waals surface area contributed by atoms with Crippen molar-refractivity contribution in [1.29, 1.82) is 0 Å². The standard InChI is InChI=1S/C15H14Cl2N4O/c1-8-6-7-18-13(17)12(8)21-15(22)10-4-5-11(16)20-14(10)19-9-2-3-9/h4-7,9H,2-3H2,1H3,(H,19,20)(H,21,22). The summed E-state index contributed by atoms with van der Waals surface area (Å²) in [7, 11) is 0. The van der Waals surface area contributed by atoms with Gasteiger partial charge in [-0.1, -0.05) is 23.2 Å². The van der Waals surface area contributed by atoms with Crippen LogP contribution in [-0.2, 0) is 0 Å². The SMILES string of the molecule is Cc1ccnc(Cl)c1NC(=O)c1ccc(Cl)nc1NC1CC1. The van der Waals surface area contributed by atoms with Gasteiger partial charge in [0.1, 0.15) is 11.0 Å². The van der Waals surface area contributed by atoms with Gasteiger partial charge in [0.05, 0.1) is 11.3 Å². The number of hydrogen-bond acceptors (Lipinski definition) is 4. The lowest BCUT2D eigenvalue weighted by Crippen LogP contribution is -2.17. The van der Waals surface area contributed by atoms with E-state index in [2.05, 4.69) is 20.6 Å². The summed E-state index contributed by atoms with van der Waals surface area (Å²) in [6, 6.07) is 5.38. The Morgan fingerprint density at radius 2 is 2.05 bits per heavy atom. The second kappa shape index (κ2) is 6.10. The minimum Gasteiger partial charge on any atom is -0.367 e. The summed E-state index contributed by atoms with van der Waals surface area (Å²) in [5.74, 6) is 0.190. The second-order valence-electron chi connectivity index (χ2n) is 5.20. The van der Waals surface area contributed by atoms with Crippen molar-refractivity contribution in [2.45, 2.75) is 25.8 Å². The number of amides is 1. The van der Waals surface area contributed by atoms with Gasteiger partial charge in [-0.05, 0) is 43.5 Å². The molecule has 0 aliphatic heterocycles. The lowest BCUT2D eigenvalue weighted by atomic mass is 10.2. The Morgan fingerprint density at radius 3 is 2.73 bits per heavy atom. The zero-order chi connectivity index (χ0) is 15.7. The summed E-state index contributed by atoms with van der Waals surface area (Å²) in [5.41, 5.74) is 1.77. The summed E-state index contributed by atoms with van der Waals surface area (Å²) < 4.78 is 0. The van der Waals surface area contributed by atoms with Crippen LogP contribution in [0.3, 0.4) is 0 Å². The number of anilines is 2. The van der Waals surface area contributed by atoms with E-state index in [1.54, 1.807) is 24.4 Å². The first kappa shape index (κ1) is 15.1. The Bertz CT molecular complexity index is 711. The highest BCUT2D eigenvalue weighted by molar-refractivity contribution is 6.33. The van der Waals surface area contributed by atoms with Crippen molar-refractivity contribution in [2.75, 3.05) is 10.6 Å². The number of hydrogen-bond donors (Lipinski definition) is 2. The van der Waals surface area contributed by atoms with Crippen molar-refractivity contribution in [3.05, 3.63) is 45.8 Å². The van der Waals surface area contributed by atoms with Crippen molar-refractivity contribution in [2.24, 2.45) is 0 Å². The molecule has 1 aliphatic carbocycles. The average Bonchev–Trinajstić information content (AvgIpc) is 3.27. The molecule has 0 bridgehead atoms. The van der Waals surface area contributed by atoms with Gasteiger partial charge in [0.15, 0.2) is 5.15 Å². The largest absolute Gasteiger partial charge is 0.367 e. The number of pyridine rings is 2. The molecule has 2 aromatic rings. The van der Waals surface area contributed by atoms with Crippen LogP contribution < -0.4 is 10.6 Å². The van der Waals surface area contributed by atoms with E-state index in [9.17, 15) is 4.79 Å². The molecule has 1 aliphatic rings. The number of halogens is 2. The van der Waals surface area contributed by atoms with E-state index in [1.807, 2.05) is 6.92 Å². The molecule has 1 fully saturated rings. The number of aromatic nitrogens is 2. The van der Waals surface area contributed by atoms with E-state index in [4.69, 9.17) is 23.2 Å². The minimum absolute atomic E-state index is 0.256. The highest BCUT2D eigenvalue weighted by Gasteiger charge is 2.24. The van der Waals surface area contributed by atoms with E-state index in [0.717, 1.165) is 18.4 Å². The molecule has 7 heteroatoms. The van der Waals surface area contributed by atoms with Gasteiger partial charge in [0, 0.05) is 12.2 Å². The molecule has 0 unspecified atom stereocenters. The maximum Gasteiger partial charge on any atom is 0.259 e. The van der Waals surface area contributed by atoms with Crippen LogP contribution in [0.2, 0.25) is 10.3 Å². The van der Waals surface area contributed by atoms with Crippen LogP contribution in [0.1, 0.15) is 28.8 Å². The van der Waals surface area contributed by atoms with Gasteiger partial charge in [0.25, 0.3) is 5.91 Å². The van der Waals surface area contributed by atoms with Crippen molar-refractivity contribution in [3.8, 4) is 0 Å². The van der Waals surface area contributed by atoms with E-state index in [1.165, 1.54) is 0 Å². The first-order chi connectivity index (χ1) is 10.5. The number of carbonyl (C=O) groups excluding carboxylic acids is 1. The molecule has 114 valence electrons. The van der Waals surface area contributed by atoms with Crippen LogP contribution >= 0.6 is 23.2 Å². The molecule has 0 radical (unpaired) electrons. The molecule has 2 heterocycles. The Hall–Kier alpha value is -1.85. The Kier molecular flexibility index (Phi) is 4.18. The van der Waals surface area contributed by atoms with Crippen molar-refractivity contribution in [3.63, 3.8) is 0 Å². The van der Waals surface area contributed by atoms with Crippen molar-refractivity contribution >= 4 is 40.6 Å². The predicted octanol–water partition coefficient (Wildman–Crippen LogP) is 3.92. The summed E-state index contributed by atoms with van der Waals surface area (Å²) >= 11 is 12.0. The normalized spacial score (nSPS) is 13.8. The highest BCUT2D eigenvalue weighted by Crippen LogP contribution is 2.28.